The molecule has 7 nitrogen and oxygen atoms in total. The Hall–Kier alpha value is -1.71. The van der Waals surface area contributed by atoms with Crippen molar-refractivity contribution in [3.8, 4) is 0 Å². The van der Waals surface area contributed by atoms with Gasteiger partial charge in [-0.1, -0.05) is 0 Å². The Kier molecular flexibility index (Phi) is 4.45. The first-order chi connectivity index (χ1) is 9.86. The lowest BCUT2D eigenvalue weighted by atomic mass is 10.3. The lowest BCUT2D eigenvalue weighted by Gasteiger charge is -2.30. The molecule has 1 atom stereocenters. The Morgan fingerprint density at radius 2 is 2.24 bits per heavy atom. The van der Waals surface area contributed by atoms with Gasteiger partial charge in [0.1, 0.15) is 10.7 Å². The zero-order chi connectivity index (χ0) is 15.6. The maximum absolute atomic E-state index is 13.8. The largest absolute Gasteiger partial charge is 0.467 e. The molecule has 1 aromatic rings. The van der Waals surface area contributed by atoms with Crippen molar-refractivity contribution in [1.29, 1.82) is 0 Å². The molecule has 2 rings (SSSR count). The summed E-state index contributed by atoms with van der Waals surface area (Å²) in [5.41, 5.74) is 5.63. The van der Waals surface area contributed by atoms with E-state index in [0.29, 0.717) is 0 Å². The second-order valence-corrected chi connectivity index (χ2v) is 6.34. The molecule has 0 aromatic heterocycles. The highest BCUT2D eigenvalue weighted by Crippen LogP contribution is 2.23. The first-order valence-corrected chi connectivity index (χ1v) is 7.55. The number of sulfonamides is 1. The number of nitrogens with two attached hydrogens (primary N) is 1. The fourth-order valence-electron chi connectivity index (χ4n) is 1.97. The first-order valence-electron chi connectivity index (χ1n) is 6.11. The van der Waals surface area contributed by atoms with E-state index >= 15 is 0 Å². The summed E-state index contributed by atoms with van der Waals surface area (Å²) < 4.78 is 49.3. The van der Waals surface area contributed by atoms with Gasteiger partial charge in [-0.3, -0.25) is 0 Å². The van der Waals surface area contributed by atoms with Crippen LogP contribution in [-0.4, -0.2) is 51.6 Å². The quantitative estimate of drug-likeness (QED) is 0.621. The number of esters is 1. The molecular weight excluding hydrogens is 303 g/mol. The minimum atomic E-state index is -4.10. The molecule has 116 valence electrons. The van der Waals surface area contributed by atoms with Crippen molar-refractivity contribution in [1.82, 2.24) is 4.31 Å². The van der Waals surface area contributed by atoms with Gasteiger partial charge in [0.25, 0.3) is 0 Å². The first kappa shape index (κ1) is 15.7. The van der Waals surface area contributed by atoms with E-state index in [1.165, 1.54) is 13.2 Å². The van der Waals surface area contributed by atoms with Crippen molar-refractivity contribution < 1.29 is 27.1 Å². The molecule has 1 heterocycles. The second-order valence-electron chi connectivity index (χ2n) is 4.44. The summed E-state index contributed by atoms with van der Waals surface area (Å²) in [5.74, 6) is -1.58. The maximum atomic E-state index is 13.8. The number of ether oxygens (including phenoxy) is 2. The van der Waals surface area contributed by atoms with Crippen LogP contribution in [0.3, 0.4) is 0 Å². The van der Waals surface area contributed by atoms with Gasteiger partial charge in [-0.2, -0.15) is 4.31 Å². The molecule has 0 spiro atoms. The number of anilines is 1. The molecule has 0 saturated carbocycles. The third kappa shape index (κ3) is 3.14. The molecule has 1 aliphatic heterocycles. The normalized spacial score (nSPS) is 20.2. The van der Waals surface area contributed by atoms with E-state index in [4.69, 9.17) is 10.5 Å². The number of hydrogen-bond donors (Lipinski definition) is 1. The third-order valence-corrected chi connectivity index (χ3v) is 4.95. The summed E-state index contributed by atoms with van der Waals surface area (Å²) in [6, 6.07) is 3.30. The predicted molar refractivity (Wildman–Crippen MR) is 71.3 cm³/mol. The van der Waals surface area contributed by atoms with Crippen LogP contribution in [0.4, 0.5) is 10.1 Å². The zero-order valence-corrected chi connectivity index (χ0v) is 12.1. The Balaban J connectivity index is 2.31. The van der Waals surface area contributed by atoms with E-state index in [0.717, 1.165) is 16.4 Å². The molecule has 0 radical (unpaired) electrons. The average Bonchev–Trinajstić information content (AvgIpc) is 2.49. The predicted octanol–water partition coefficient (Wildman–Crippen LogP) is -0.0296. The topological polar surface area (TPSA) is 98.9 Å². The molecule has 2 N–H and O–H groups in total. The highest BCUT2D eigenvalue weighted by Gasteiger charge is 2.35. The lowest BCUT2D eigenvalue weighted by molar-refractivity contribution is -0.157. The van der Waals surface area contributed by atoms with Gasteiger partial charge >= 0.3 is 5.97 Å². The summed E-state index contributed by atoms with van der Waals surface area (Å²) >= 11 is 0. The summed E-state index contributed by atoms with van der Waals surface area (Å²) in [4.78, 5) is 10.9. The van der Waals surface area contributed by atoms with Crippen LogP contribution in [-0.2, 0) is 24.3 Å². The number of hydrogen-bond acceptors (Lipinski definition) is 6. The van der Waals surface area contributed by atoms with Crippen LogP contribution < -0.4 is 5.73 Å². The Morgan fingerprint density at radius 1 is 1.52 bits per heavy atom. The molecular formula is C12H15FN2O5S. The van der Waals surface area contributed by atoms with Gasteiger partial charge in [-0.05, 0) is 18.2 Å². The molecule has 1 aliphatic rings. The van der Waals surface area contributed by atoms with E-state index in [1.54, 1.807) is 0 Å². The van der Waals surface area contributed by atoms with Gasteiger partial charge in [0.05, 0.1) is 20.3 Å². The highest BCUT2D eigenvalue weighted by molar-refractivity contribution is 7.89. The molecule has 21 heavy (non-hydrogen) atoms. The van der Waals surface area contributed by atoms with Crippen LogP contribution in [0.1, 0.15) is 0 Å². The lowest BCUT2D eigenvalue weighted by Crippen LogP contribution is -2.48. The zero-order valence-electron chi connectivity index (χ0n) is 11.3. The van der Waals surface area contributed by atoms with Crippen LogP contribution >= 0.6 is 0 Å². The second kappa shape index (κ2) is 5.96. The van der Waals surface area contributed by atoms with E-state index in [1.807, 2.05) is 0 Å². The van der Waals surface area contributed by atoms with E-state index < -0.39 is 32.8 Å². The molecule has 1 fully saturated rings. The average molecular weight is 318 g/mol. The van der Waals surface area contributed by atoms with Gasteiger partial charge < -0.3 is 15.2 Å². The van der Waals surface area contributed by atoms with Crippen molar-refractivity contribution in [2.24, 2.45) is 0 Å². The van der Waals surface area contributed by atoms with Gasteiger partial charge in [0.2, 0.25) is 10.0 Å². The van der Waals surface area contributed by atoms with Crippen LogP contribution in [0.2, 0.25) is 0 Å². The van der Waals surface area contributed by atoms with Crippen molar-refractivity contribution in [3.63, 3.8) is 0 Å². The summed E-state index contributed by atoms with van der Waals surface area (Å²) in [6.07, 6.45) is -1.03. The minimum Gasteiger partial charge on any atom is -0.467 e. The number of halogens is 1. The van der Waals surface area contributed by atoms with E-state index in [-0.39, 0.29) is 25.4 Å². The summed E-state index contributed by atoms with van der Waals surface area (Å²) in [7, 11) is -2.92. The molecule has 0 bridgehead atoms. The smallest absolute Gasteiger partial charge is 0.336 e. The fraction of sp³-hybridized carbons (Fsp3) is 0.417. The van der Waals surface area contributed by atoms with Crippen molar-refractivity contribution in [2.75, 3.05) is 32.5 Å². The number of rotatable bonds is 3. The maximum Gasteiger partial charge on any atom is 0.336 e. The number of carbonyl (C=O) groups is 1. The fourth-order valence-corrected chi connectivity index (χ4v) is 3.50. The Bertz CT molecular complexity index is 649. The van der Waals surface area contributed by atoms with Gasteiger partial charge in [0.15, 0.2) is 6.10 Å². The SMILES string of the molecule is COC(=O)C1CN(S(=O)(=O)c2cc(N)ccc2F)CCO1. The Labute approximate surface area is 121 Å². The monoisotopic (exact) mass is 318 g/mol. The van der Waals surface area contributed by atoms with Crippen LogP contribution in [0.5, 0.6) is 0 Å². The van der Waals surface area contributed by atoms with Crippen LogP contribution in [0.15, 0.2) is 23.1 Å². The third-order valence-electron chi connectivity index (χ3n) is 3.07. The molecule has 1 unspecified atom stereocenters. The standard InChI is InChI=1S/C12H15FN2O5S/c1-19-12(16)10-7-15(4-5-20-10)21(17,18)11-6-8(14)2-3-9(11)13/h2-3,6,10H,4-5,7,14H2,1H3. The van der Waals surface area contributed by atoms with Crippen molar-refractivity contribution >= 4 is 21.7 Å². The number of nitrogens with zero attached hydrogens (tertiary/aromatic N) is 1. The Morgan fingerprint density at radius 3 is 2.90 bits per heavy atom. The van der Waals surface area contributed by atoms with Gasteiger partial charge in [0, 0.05) is 12.2 Å². The van der Waals surface area contributed by atoms with Crippen LogP contribution in [0.25, 0.3) is 0 Å². The van der Waals surface area contributed by atoms with Gasteiger partial charge in [-0.25, -0.2) is 17.6 Å². The molecule has 1 saturated heterocycles. The van der Waals surface area contributed by atoms with Crippen molar-refractivity contribution in [2.45, 2.75) is 11.0 Å². The number of carbonyl (C=O) groups excluding carboxylic acids is 1. The summed E-state index contributed by atoms with van der Waals surface area (Å²) in [5, 5.41) is 0. The molecule has 0 aliphatic carbocycles. The molecule has 9 heteroatoms. The number of benzene rings is 1. The van der Waals surface area contributed by atoms with E-state index in [9.17, 15) is 17.6 Å². The number of nitrogen functional groups attached to an aromatic ring is 1. The number of methoxy groups -OCH3 is 1. The number of morpholine rings is 1. The van der Waals surface area contributed by atoms with E-state index in [2.05, 4.69) is 4.74 Å². The van der Waals surface area contributed by atoms with Crippen molar-refractivity contribution in [3.05, 3.63) is 24.0 Å². The minimum absolute atomic E-state index is 0.0168. The summed E-state index contributed by atoms with van der Waals surface area (Å²) in [6.45, 7) is -0.198. The molecule has 1 aromatic carbocycles. The molecule has 0 amide bonds. The van der Waals surface area contributed by atoms with Gasteiger partial charge in [-0.15, -0.1) is 0 Å². The highest BCUT2D eigenvalue weighted by atomic mass is 32.2. The van der Waals surface area contributed by atoms with Crippen LogP contribution in [0, 0.1) is 5.82 Å².